The Bertz CT molecular complexity index is 3790. The number of benzene rings is 9. The highest BCUT2D eigenvalue weighted by molar-refractivity contribution is 6.19. The highest BCUT2D eigenvalue weighted by Crippen LogP contribution is 2.45. The lowest BCUT2D eigenvalue weighted by Crippen LogP contribution is -1.93. The van der Waals surface area contributed by atoms with Gasteiger partial charge in [0.15, 0.2) is 0 Å². The summed E-state index contributed by atoms with van der Waals surface area (Å²) < 4.78 is 18.0. The van der Waals surface area contributed by atoms with Crippen molar-refractivity contribution in [2.24, 2.45) is 0 Å². The predicted octanol–water partition coefficient (Wildman–Crippen LogP) is 15.0. The molecule has 270 valence electrons. The van der Waals surface area contributed by atoms with Gasteiger partial charge in [0, 0.05) is 66.1 Å². The minimum Gasteiger partial charge on any atom is -0.456 e. The fraction of sp³-hybridized carbons (Fsp3) is 0. The molecular formula is C54H32N2O2. The third kappa shape index (κ3) is 4.45. The van der Waals surface area contributed by atoms with Crippen LogP contribution in [0.4, 0.5) is 0 Å². The maximum absolute atomic E-state index is 6.92. The van der Waals surface area contributed by atoms with Crippen LogP contribution >= 0.6 is 0 Å². The van der Waals surface area contributed by atoms with Crippen LogP contribution in [-0.4, -0.2) is 9.13 Å². The fourth-order valence-corrected chi connectivity index (χ4v) is 9.48. The van der Waals surface area contributed by atoms with Crippen molar-refractivity contribution in [2.75, 3.05) is 0 Å². The Kier molecular flexibility index (Phi) is 6.41. The zero-order valence-corrected chi connectivity index (χ0v) is 31.2. The third-order valence-electron chi connectivity index (χ3n) is 12.1. The van der Waals surface area contributed by atoms with E-state index < -0.39 is 0 Å². The first-order valence-corrected chi connectivity index (χ1v) is 19.7. The molecule has 4 aromatic heterocycles. The zero-order valence-electron chi connectivity index (χ0n) is 31.2. The summed E-state index contributed by atoms with van der Waals surface area (Å²) in [6, 6.07) is 69.7. The van der Waals surface area contributed by atoms with Gasteiger partial charge < -0.3 is 18.0 Å². The Balaban J connectivity index is 1.09. The van der Waals surface area contributed by atoms with Crippen molar-refractivity contribution >= 4 is 87.5 Å². The Labute approximate surface area is 332 Å². The third-order valence-corrected chi connectivity index (χ3v) is 12.1. The van der Waals surface area contributed by atoms with E-state index in [2.05, 4.69) is 191 Å². The van der Waals surface area contributed by atoms with Crippen molar-refractivity contribution in [3.05, 3.63) is 194 Å². The summed E-state index contributed by atoms with van der Waals surface area (Å²) >= 11 is 0. The number of furan rings is 2. The predicted molar refractivity (Wildman–Crippen MR) is 241 cm³/mol. The van der Waals surface area contributed by atoms with E-state index in [-0.39, 0.29) is 0 Å². The van der Waals surface area contributed by atoms with E-state index in [0.29, 0.717) is 0 Å². The van der Waals surface area contributed by atoms with Gasteiger partial charge in [-0.2, -0.15) is 0 Å². The molecule has 0 saturated heterocycles. The second kappa shape index (κ2) is 11.8. The van der Waals surface area contributed by atoms with Crippen LogP contribution in [0.5, 0.6) is 0 Å². The summed E-state index contributed by atoms with van der Waals surface area (Å²) in [5.74, 6) is 0. The average Bonchev–Trinajstić information content (AvgIpc) is 4.03. The first-order chi connectivity index (χ1) is 28.7. The molecule has 4 heterocycles. The van der Waals surface area contributed by atoms with E-state index in [1.165, 1.54) is 43.6 Å². The highest BCUT2D eigenvalue weighted by atomic mass is 16.3. The Hall–Kier alpha value is -7.82. The zero-order chi connectivity index (χ0) is 37.9. The molecule has 58 heavy (non-hydrogen) atoms. The maximum atomic E-state index is 6.92. The van der Waals surface area contributed by atoms with Gasteiger partial charge in [0.2, 0.25) is 0 Å². The first kappa shape index (κ1) is 31.4. The molecule has 0 aliphatic rings. The van der Waals surface area contributed by atoms with Crippen molar-refractivity contribution in [1.82, 2.24) is 9.13 Å². The summed E-state index contributed by atoms with van der Waals surface area (Å²) in [6.07, 6.45) is 0. The second-order valence-corrected chi connectivity index (χ2v) is 15.3. The molecule has 0 spiro atoms. The molecule has 4 heteroatoms. The van der Waals surface area contributed by atoms with Crippen LogP contribution in [-0.2, 0) is 0 Å². The summed E-state index contributed by atoms with van der Waals surface area (Å²) in [7, 11) is 0. The van der Waals surface area contributed by atoms with Crippen molar-refractivity contribution in [1.29, 1.82) is 0 Å². The fourth-order valence-electron chi connectivity index (χ4n) is 9.48. The molecule has 0 fully saturated rings. The molecule has 9 aromatic carbocycles. The molecular weight excluding hydrogens is 709 g/mol. The van der Waals surface area contributed by atoms with Gasteiger partial charge in [0.05, 0.1) is 22.1 Å². The van der Waals surface area contributed by atoms with Gasteiger partial charge >= 0.3 is 0 Å². The van der Waals surface area contributed by atoms with Crippen LogP contribution in [0.25, 0.3) is 121 Å². The Morgan fingerprint density at radius 2 is 0.776 bits per heavy atom. The van der Waals surface area contributed by atoms with Gasteiger partial charge in [0.1, 0.15) is 22.3 Å². The van der Waals surface area contributed by atoms with Gasteiger partial charge in [-0.1, -0.05) is 103 Å². The van der Waals surface area contributed by atoms with Crippen LogP contribution in [0, 0.1) is 0 Å². The molecule has 13 rings (SSSR count). The lowest BCUT2D eigenvalue weighted by atomic mass is 9.94. The monoisotopic (exact) mass is 740 g/mol. The summed E-state index contributed by atoms with van der Waals surface area (Å²) in [4.78, 5) is 0. The Morgan fingerprint density at radius 3 is 1.45 bits per heavy atom. The van der Waals surface area contributed by atoms with Gasteiger partial charge in [-0.15, -0.1) is 0 Å². The van der Waals surface area contributed by atoms with Crippen molar-refractivity contribution < 1.29 is 8.83 Å². The van der Waals surface area contributed by atoms with Crippen LogP contribution in [0.3, 0.4) is 0 Å². The number of rotatable bonds is 4. The lowest BCUT2D eigenvalue weighted by molar-refractivity contribution is 0.656. The first-order valence-electron chi connectivity index (χ1n) is 19.7. The number of para-hydroxylation sites is 5. The van der Waals surface area contributed by atoms with Gasteiger partial charge in [0.25, 0.3) is 0 Å². The number of hydrogen-bond acceptors (Lipinski definition) is 2. The van der Waals surface area contributed by atoms with Crippen LogP contribution in [0.2, 0.25) is 0 Å². The minimum absolute atomic E-state index is 0.808. The molecule has 0 bridgehead atoms. The largest absolute Gasteiger partial charge is 0.456 e. The smallest absolute Gasteiger partial charge is 0.143 e. The van der Waals surface area contributed by atoms with Crippen molar-refractivity contribution in [3.63, 3.8) is 0 Å². The molecule has 0 N–H and O–H groups in total. The SMILES string of the molecule is c1ccc(-n2c3ccccc3c3cc(-c4cc(-c5ccc6c(c5)c5ccccc5n6-c5ccccc5)c5oc6cc7oc8ccccc8c7cc6c5c4)ccc32)cc1. The maximum Gasteiger partial charge on any atom is 0.143 e. The van der Waals surface area contributed by atoms with Gasteiger partial charge in [-0.05, 0) is 102 Å². The number of aromatic nitrogens is 2. The molecule has 0 aliphatic heterocycles. The normalized spacial score (nSPS) is 12.1. The van der Waals surface area contributed by atoms with E-state index in [1.54, 1.807) is 0 Å². The Morgan fingerprint density at radius 1 is 0.276 bits per heavy atom. The number of nitrogens with zero attached hydrogens (tertiary/aromatic N) is 2. The topological polar surface area (TPSA) is 36.1 Å². The molecule has 4 nitrogen and oxygen atoms in total. The van der Waals surface area contributed by atoms with Crippen molar-refractivity contribution in [2.45, 2.75) is 0 Å². The van der Waals surface area contributed by atoms with Crippen LogP contribution in [0.1, 0.15) is 0 Å². The quantitative estimate of drug-likeness (QED) is 0.180. The molecule has 0 unspecified atom stereocenters. The molecule has 13 aromatic rings. The minimum atomic E-state index is 0.808. The summed E-state index contributed by atoms with van der Waals surface area (Å²) in [5, 5.41) is 9.20. The number of fused-ring (bicyclic) bond motifs is 12. The van der Waals surface area contributed by atoms with Gasteiger partial charge in [-0.3, -0.25) is 0 Å². The van der Waals surface area contributed by atoms with Crippen molar-refractivity contribution in [3.8, 4) is 33.6 Å². The van der Waals surface area contributed by atoms with Crippen LogP contribution in [0.15, 0.2) is 203 Å². The van der Waals surface area contributed by atoms with Gasteiger partial charge in [-0.25, -0.2) is 0 Å². The molecule has 0 amide bonds. The molecule has 0 saturated carbocycles. The summed E-state index contributed by atoms with van der Waals surface area (Å²) in [5.41, 5.74) is 14.8. The second-order valence-electron chi connectivity index (χ2n) is 15.3. The van der Waals surface area contributed by atoms with E-state index >= 15 is 0 Å². The highest BCUT2D eigenvalue weighted by Gasteiger charge is 2.21. The molecule has 0 radical (unpaired) electrons. The molecule has 0 aliphatic carbocycles. The van der Waals surface area contributed by atoms with E-state index in [4.69, 9.17) is 8.83 Å². The van der Waals surface area contributed by atoms with Crippen LogP contribution < -0.4 is 0 Å². The molecule has 0 atom stereocenters. The number of hydrogen-bond donors (Lipinski definition) is 0. The standard InChI is InChI=1S/C54H32N2O2/c1-3-13-36(14-4-1)55-47-20-10-7-17-38(47)42-27-33(23-25-49(42)55)35-29-41(54-46(30-35)45-31-44-40-19-9-12-22-51(40)57-52(44)32-53(45)58-54)34-24-26-50-43(28-34)39-18-8-11-21-48(39)56(50)37-15-5-2-6-16-37/h1-32H. The lowest BCUT2D eigenvalue weighted by Gasteiger charge is -2.11. The summed E-state index contributed by atoms with van der Waals surface area (Å²) in [6.45, 7) is 0. The average molecular weight is 741 g/mol. The van der Waals surface area contributed by atoms with E-state index in [1.807, 2.05) is 12.1 Å². The van der Waals surface area contributed by atoms with E-state index in [0.717, 1.165) is 77.5 Å². The van der Waals surface area contributed by atoms with E-state index in [9.17, 15) is 0 Å².